The fraction of sp³-hybridized carbons (Fsp3) is 0. The Morgan fingerprint density at radius 2 is 1.25 bits per heavy atom. The molecule has 0 amide bonds. The van der Waals surface area contributed by atoms with Crippen LogP contribution in [0.25, 0.3) is 32.8 Å². The van der Waals surface area contributed by atoms with Crippen LogP contribution >= 0.6 is 23.5 Å². The molecule has 76 valence electrons. The van der Waals surface area contributed by atoms with Crippen LogP contribution in [0.1, 0.15) is 0 Å². The highest BCUT2D eigenvalue weighted by Gasteiger charge is 2.10. The van der Waals surface area contributed by atoms with E-state index in [1.54, 1.807) is 0 Å². The van der Waals surface area contributed by atoms with Crippen molar-refractivity contribution in [3.8, 4) is 0 Å². The zero-order valence-corrected chi connectivity index (χ0v) is 9.55. The second-order valence-electron chi connectivity index (χ2n) is 3.49. The van der Waals surface area contributed by atoms with Crippen molar-refractivity contribution in [3.05, 3.63) is 24.3 Å². The third-order valence-corrected chi connectivity index (χ3v) is 3.72. The van der Waals surface area contributed by atoms with E-state index in [0.29, 0.717) is 0 Å². The van der Waals surface area contributed by atoms with Gasteiger partial charge in [0.15, 0.2) is 0 Å². The summed E-state index contributed by atoms with van der Waals surface area (Å²) in [6.45, 7) is 0. The minimum absolute atomic E-state index is 0.929. The zero-order valence-electron chi connectivity index (χ0n) is 7.91. The Hall–Kier alpha value is -1.66. The largest absolute Gasteiger partial charge is 0.173 e. The molecule has 4 rings (SSSR count). The van der Waals surface area contributed by atoms with E-state index < -0.39 is 0 Å². The number of aromatic nitrogens is 4. The Labute approximate surface area is 98.2 Å². The van der Waals surface area contributed by atoms with Crippen LogP contribution in [0.15, 0.2) is 24.3 Å². The average Bonchev–Trinajstić information content (AvgIpc) is 2.96. The first-order valence-electron chi connectivity index (χ1n) is 4.70. The molecule has 2 heterocycles. The van der Waals surface area contributed by atoms with Crippen LogP contribution < -0.4 is 0 Å². The van der Waals surface area contributed by atoms with E-state index in [4.69, 9.17) is 0 Å². The van der Waals surface area contributed by atoms with Crippen molar-refractivity contribution in [1.29, 1.82) is 0 Å². The molecule has 0 fully saturated rings. The van der Waals surface area contributed by atoms with Gasteiger partial charge in [-0.15, -0.1) is 0 Å². The summed E-state index contributed by atoms with van der Waals surface area (Å²) in [4.78, 5) is 0. The number of rotatable bonds is 0. The van der Waals surface area contributed by atoms with Crippen molar-refractivity contribution >= 4 is 56.3 Å². The number of nitrogens with zero attached hydrogens (tertiary/aromatic N) is 4. The van der Waals surface area contributed by atoms with E-state index in [-0.39, 0.29) is 0 Å². The normalized spacial score (nSPS) is 11.8. The molecule has 0 unspecified atom stereocenters. The maximum absolute atomic E-state index is 4.34. The smallest absolute Gasteiger partial charge is 0.114 e. The van der Waals surface area contributed by atoms with Gasteiger partial charge in [0.1, 0.15) is 22.1 Å². The first-order valence-corrected chi connectivity index (χ1v) is 6.16. The maximum Gasteiger partial charge on any atom is 0.114 e. The van der Waals surface area contributed by atoms with Gasteiger partial charge in [0.2, 0.25) is 0 Å². The van der Waals surface area contributed by atoms with E-state index in [2.05, 4.69) is 29.6 Å². The summed E-state index contributed by atoms with van der Waals surface area (Å²) in [5.41, 5.74) is 3.72. The second kappa shape index (κ2) is 2.93. The van der Waals surface area contributed by atoms with E-state index >= 15 is 0 Å². The molecule has 0 saturated carbocycles. The fourth-order valence-electron chi connectivity index (χ4n) is 1.90. The van der Waals surface area contributed by atoms with Crippen LogP contribution in [0.5, 0.6) is 0 Å². The topological polar surface area (TPSA) is 51.6 Å². The first kappa shape index (κ1) is 8.49. The van der Waals surface area contributed by atoms with Crippen LogP contribution in [0.2, 0.25) is 0 Å². The monoisotopic (exact) mass is 244 g/mol. The molecule has 0 radical (unpaired) electrons. The lowest BCUT2D eigenvalue weighted by molar-refractivity contribution is 1.65. The number of benzene rings is 2. The predicted molar refractivity (Wildman–Crippen MR) is 65.9 cm³/mol. The molecule has 6 heteroatoms. The molecule has 0 aliphatic carbocycles. The summed E-state index contributed by atoms with van der Waals surface area (Å²) < 4.78 is 17.2. The molecule has 0 saturated heterocycles. The molecule has 0 bridgehead atoms. The SMILES string of the molecule is c1cc2nsnc2c2c1ccc1nsnc12. The highest BCUT2D eigenvalue weighted by molar-refractivity contribution is 7.00. The summed E-state index contributed by atoms with van der Waals surface area (Å²) in [6, 6.07) is 8.09. The van der Waals surface area contributed by atoms with Gasteiger partial charge in [0.05, 0.1) is 23.5 Å². The van der Waals surface area contributed by atoms with Crippen molar-refractivity contribution in [3.63, 3.8) is 0 Å². The van der Waals surface area contributed by atoms with Crippen molar-refractivity contribution < 1.29 is 0 Å². The van der Waals surface area contributed by atoms with E-state index in [0.717, 1.165) is 32.8 Å². The van der Waals surface area contributed by atoms with E-state index in [1.807, 2.05) is 12.1 Å². The molecular formula is C10H4N4S2. The highest BCUT2D eigenvalue weighted by atomic mass is 32.1. The number of hydrogen-bond donors (Lipinski definition) is 0. The van der Waals surface area contributed by atoms with Gasteiger partial charge in [0.25, 0.3) is 0 Å². The van der Waals surface area contributed by atoms with E-state index in [9.17, 15) is 0 Å². The van der Waals surface area contributed by atoms with Gasteiger partial charge < -0.3 is 0 Å². The molecule has 4 aromatic rings. The van der Waals surface area contributed by atoms with Gasteiger partial charge in [-0.3, -0.25) is 0 Å². The lowest BCUT2D eigenvalue weighted by Gasteiger charge is -1.97. The third kappa shape index (κ3) is 0.975. The van der Waals surface area contributed by atoms with Crippen molar-refractivity contribution in [1.82, 2.24) is 17.5 Å². The molecule has 2 aromatic heterocycles. The van der Waals surface area contributed by atoms with Crippen LogP contribution in [0.3, 0.4) is 0 Å². The summed E-state index contributed by atoms with van der Waals surface area (Å²) >= 11 is 2.47. The Balaban J connectivity index is 2.44. The van der Waals surface area contributed by atoms with Crippen LogP contribution in [-0.4, -0.2) is 17.5 Å². The van der Waals surface area contributed by atoms with E-state index in [1.165, 1.54) is 23.5 Å². The van der Waals surface area contributed by atoms with Gasteiger partial charge in [-0.2, -0.15) is 17.5 Å². The number of fused-ring (bicyclic) bond motifs is 5. The average molecular weight is 244 g/mol. The van der Waals surface area contributed by atoms with Gasteiger partial charge in [0, 0.05) is 5.39 Å². The Morgan fingerprint density at radius 3 is 1.81 bits per heavy atom. The summed E-state index contributed by atoms with van der Waals surface area (Å²) in [6.07, 6.45) is 0. The Kier molecular flexibility index (Phi) is 1.55. The standard InChI is InChI=1S/C10H4N4S2/c1-3-6-9(13-15-11-6)8-5(1)2-4-7-10(8)14-16-12-7/h1-4H. The molecule has 4 nitrogen and oxygen atoms in total. The molecular weight excluding hydrogens is 240 g/mol. The molecule has 2 aromatic carbocycles. The quantitative estimate of drug-likeness (QED) is 0.477. The van der Waals surface area contributed by atoms with Crippen molar-refractivity contribution in [2.75, 3.05) is 0 Å². The van der Waals surface area contributed by atoms with Gasteiger partial charge in [-0.25, -0.2) is 0 Å². The summed E-state index contributed by atoms with van der Waals surface area (Å²) in [7, 11) is 0. The Morgan fingerprint density at radius 1 is 0.688 bits per heavy atom. The molecule has 0 N–H and O–H groups in total. The summed E-state index contributed by atoms with van der Waals surface area (Å²) in [5.74, 6) is 0. The van der Waals surface area contributed by atoms with Crippen molar-refractivity contribution in [2.24, 2.45) is 0 Å². The maximum atomic E-state index is 4.34. The zero-order chi connectivity index (χ0) is 10.5. The Bertz CT molecular complexity index is 752. The van der Waals surface area contributed by atoms with Crippen LogP contribution in [0, 0.1) is 0 Å². The van der Waals surface area contributed by atoms with Crippen LogP contribution in [0.4, 0.5) is 0 Å². The minimum atomic E-state index is 0.929. The predicted octanol–water partition coefficient (Wildman–Crippen LogP) is 2.85. The lowest BCUT2D eigenvalue weighted by atomic mass is 10.1. The summed E-state index contributed by atoms with van der Waals surface area (Å²) in [5, 5.41) is 2.21. The highest BCUT2D eigenvalue weighted by Crippen LogP contribution is 2.29. The molecule has 0 atom stereocenters. The third-order valence-electron chi connectivity index (χ3n) is 2.63. The second-order valence-corrected chi connectivity index (χ2v) is 4.55. The molecule has 0 spiro atoms. The van der Waals surface area contributed by atoms with Gasteiger partial charge >= 0.3 is 0 Å². The van der Waals surface area contributed by atoms with Gasteiger partial charge in [-0.1, -0.05) is 12.1 Å². The lowest BCUT2D eigenvalue weighted by Crippen LogP contribution is -1.79. The van der Waals surface area contributed by atoms with Crippen LogP contribution in [-0.2, 0) is 0 Å². The minimum Gasteiger partial charge on any atom is -0.173 e. The van der Waals surface area contributed by atoms with Gasteiger partial charge in [-0.05, 0) is 17.5 Å². The molecule has 0 aliphatic rings. The number of hydrogen-bond acceptors (Lipinski definition) is 6. The molecule has 0 aliphatic heterocycles. The first-order chi connectivity index (χ1) is 7.93. The molecule has 16 heavy (non-hydrogen) atoms. The fourth-order valence-corrected chi connectivity index (χ4v) is 2.99. The van der Waals surface area contributed by atoms with Crippen molar-refractivity contribution in [2.45, 2.75) is 0 Å².